The molecule has 0 aliphatic carbocycles. The Hall–Kier alpha value is -0.150. The lowest BCUT2D eigenvalue weighted by molar-refractivity contribution is 0.0999. The van der Waals surface area contributed by atoms with Gasteiger partial charge < -0.3 is 14.6 Å². The van der Waals surface area contributed by atoms with Crippen LogP contribution in [0.5, 0.6) is 0 Å². The number of rotatable bonds is 2. The molecule has 1 saturated heterocycles. The van der Waals surface area contributed by atoms with Crippen molar-refractivity contribution in [2.45, 2.75) is 6.04 Å². The first-order valence-corrected chi connectivity index (χ1v) is 7.07. The van der Waals surface area contributed by atoms with Gasteiger partial charge in [-0.05, 0) is 22.6 Å². The predicted octanol–water partition coefficient (Wildman–Crippen LogP) is 0.975. The standard InChI is InChI=1S/C9H11BrIN3O2/c10-3-6-4-16-2-1-14(6)8-7(11)9(15)13-5-12-8/h5-6H,1-4H2,(H,12,13,15). The summed E-state index contributed by atoms with van der Waals surface area (Å²) in [6.07, 6.45) is 1.45. The molecule has 1 N–H and O–H groups in total. The lowest BCUT2D eigenvalue weighted by atomic mass is 10.2. The van der Waals surface area contributed by atoms with Crippen molar-refractivity contribution >= 4 is 44.3 Å². The van der Waals surface area contributed by atoms with E-state index in [-0.39, 0.29) is 11.6 Å². The zero-order valence-corrected chi connectivity index (χ0v) is 12.2. The summed E-state index contributed by atoms with van der Waals surface area (Å²) in [6, 6.07) is 0.233. The van der Waals surface area contributed by atoms with E-state index in [1.807, 2.05) is 22.6 Å². The lowest BCUT2D eigenvalue weighted by Gasteiger charge is -2.35. The van der Waals surface area contributed by atoms with Gasteiger partial charge in [0.2, 0.25) is 0 Å². The topological polar surface area (TPSA) is 58.2 Å². The van der Waals surface area contributed by atoms with Gasteiger partial charge in [-0.15, -0.1) is 0 Å². The molecule has 1 aliphatic rings. The van der Waals surface area contributed by atoms with Crippen LogP contribution in [0.15, 0.2) is 11.1 Å². The molecule has 1 aliphatic heterocycles. The van der Waals surface area contributed by atoms with Gasteiger partial charge in [-0.25, -0.2) is 4.98 Å². The number of ether oxygens (including phenoxy) is 1. The van der Waals surface area contributed by atoms with Gasteiger partial charge in [-0.1, -0.05) is 15.9 Å². The summed E-state index contributed by atoms with van der Waals surface area (Å²) < 4.78 is 6.04. The van der Waals surface area contributed by atoms with E-state index in [0.29, 0.717) is 16.8 Å². The van der Waals surface area contributed by atoms with Crippen LogP contribution in [-0.4, -0.2) is 41.1 Å². The smallest absolute Gasteiger partial charge is 0.266 e. The van der Waals surface area contributed by atoms with Crippen molar-refractivity contribution in [1.29, 1.82) is 0 Å². The Labute approximate surface area is 115 Å². The first-order chi connectivity index (χ1) is 7.74. The molecule has 0 spiro atoms. The maximum Gasteiger partial charge on any atom is 0.266 e. The van der Waals surface area contributed by atoms with Gasteiger partial charge in [0.05, 0.1) is 25.6 Å². The number of halogens is 2. The van der Waals surface area contributed by atoms with E-state index in [2.05, 4.69) is 30.8 Å². The van der Waals surface area contributed by atoms with Crippen LogP contribution in [0.4, 0.5) is 5.82 Å². The maximum absolute atomic E-state index is 11.5. The minimum absolute atomic E-state index is 0.0922. The summed E-state index contributed by atoms with van der Waals surface area (Å²) in [6.45, 7) is 2.10. The Morgan fingerprint density at radius 3 is 3.31 bits per heavy atom. The highest BCUT2D eigenvalue weighted by Gasteiger charge is 2.25. The van der Waals surface area contributed by atoms with Crippen LogP contribution in [0.3, 0.4) is 0 Å². The average Bonchev–Trinajstić information content (AvgIpc) is 2.33. The van der Waals surface area contributed by atoms with Crippen molar-refractivity contribution in [1.82, 2.24) is 9.97 Å². The summed E-state index contributed by atoms with van der Waals surface area (Å²) in [5, 5.41) is 0.803. The number of nitrogens with zero attached hydrogens (tertiary/aromatic N) is 2. The molecular formula is C9H11BrIN3O2. The highest BCUT2D eigenvalue weighted by Crippen LogP contribution is 2.21. The molecule has 1 aromatic heterocycles. The average molecular weight is 400 g/mol. The molecule has 88 valence electrons. The molecule has 16 heavy (non-hydrogen) atoms. The van der Waals surface area contributed by atoms with Gasteiger partial charge in [-0.2, -0.15) is 0 Å². The van der Waals surface area contributed by atoms with Crippen LogP contribution < -0.4 is 10.5 Å². The number of alkyl halides is 1. The molecule has 7 heteroatoms. The van der Waals surface area contributed by atoms with Gasteiger partial charge in [0.1, 0.15) is 9.39 Å². The van der Waals surface area contributed by atoms with Gasteiger partial charge in [0, 0.05) is 11.9 Å². The second-order valence-corrected chi connectivity index (χ2v) is 5.17. The van der Waals surface area contributed by atoms with Crippen molar-refractivity contribution < 1.29 is 4.74 Å². The Balaban J connectivity index is 2.34. The van der Waals surface area contributed by atoms with Gasteiger partial charge in [0.25, 0.3) is 5.56 Å². The summed E-state index contributed by atoms with van der Waals surface area (Å²) in [7, 11) is 0. The molecule has 0 radical (unpaired) electrons. The highest BCUT2D eigenvalue weighted by atomic mass is 127. The zero-order chi connectivity index (χ0) is 11.5. The number of hydrogen-bond acceptors (Lipinski definition) is 4. The van der Waals surface area contributed by atoms with Crippen LogP contribution >= 0.6 is 38.5 Å². The summed E-state index contributed by atoms with van der Waals surface area (Å²) in [5.41, 5.74) is -0.0922. The molecule has 1 atom stereocenters. The van der Waals surface area contributed by atoms with Crippen molar-refractivity contribution in [3.8, 4) is 0 Å². The van der Waals surface area contributed by atoms with E-state index in [4.69, 9.17) is 4.74 Å². The van der Waals surface area contributed by atoms with E-state index in [9.17, 15) is 4.79 Å². The SMILES string of the molecule is O=c1[nH]cnc(N2CCOCC2CBr)c1I. The number of anilines is 1. The molecular weight excluding hydrogens is 389 g/mol. The molecule has 0 aromatic carbocycles. The second kappa shape index (κ2) is 5.46. The van der Waals surface area contributed by atoms with Crippen molar-refractivity contribution in [2.24, 2.45) is 0 Å². The van der Waals surface area contributed by atoms with E-state index >= 15 is 0 Å². The molecule has 1 unspecified atom stereocenters. The Bertz CT molecular complexity index is 425. The summed E-state index contributed by atoms with van der Waals surface area (Å²) in [4.78, 5) is 20.4. The van der Waals surface area contributed by atoms with Crippen LogP contribution in [-0.2, 0) is 4.74 Å². The van der Waals surface area contributed by atoms with Crippen molar-refractivity contribution in [3.05, 3.63) is 20.3 Å². The minimum atomic E-state index is -0.0922. The lowest BCUT2D eigenvalue weighted by Crippen LogP contribution is -2.47. The number of H-pyrrole nitrogens is 1. The Kier molecular flexibility index (Phi) is 4.20. The third-order valence-electron chi connectivity index (χ3n) is 2.46. The molecule has 0 bridgehead atoms. The first kappa shape index (κ1) is 12.3. The molecule has 0 amide bonds. The van der Waals surface area contributed by atoms with Crippen LogP contribution in [0.25, 0.3) is 0 Å². The molecule has 1 aromatic rings. The highest BCUT2D eigenvalue weighted by molar-refractivity contribution is 14.1. The normalized spacial score (nSPS) is 21.1. The number of aromatic nitrogens is 2. The fraction of sp³-hybridized carbons (Fsp3) is 0.556. The zero-order valence-electron chi connectivity index (χ0n) is 8.45. The molecule has 2 rings (SSSR count). The fourth-order valence-electron chi connectivity index (χ4n) is 1.64. The van der Waals surface area contributed by atoms with E-state index in [1.165, 1.54) is 6.33 Å². The minimum Gasteiger partial charge on any atom is -0.377 e. The molecule has 2 heterocycles. The summed E-state index contributed by atoms with van der Waals surface area (Å²) >= 11 is 5.48. The third kappa shape index (κ3) is 2.40. The van der Waals surface area contributed by atoms with E-state index in [0.717, 1.165) is 17.7 Å². The predicted molar refractivity (Wildman–Crippen MR) is 73.3 cm³/mol. The second-order valence-electron chi connectivity index (χ2n) is 3.45. The van der Waals surface area contributed by atoms with Crippen LogP contribution in [0.2, 0.25) is 0 Å². The quantitative estimate of drug-likeness (QED) is 0.594. The number of nitrogens with one attached hydrogen (secondary N) is 1. The summed E-state index contributed by atoms with van der Waals surface area (Å²) in [5.74, 6) is 0.747. The van der Waals surface area contributed by atoms with E-state index < -0.39 is 0 Å². The van der Waals surface area contributed by atoms with Gasteiger partial charge >= 0.3 is 0 Å². The van der Waals surface area contributed by atoms with Crippen LogP contribution in [0, 0.1) is 3.57 Å². The van der Waals surface area contributed by atoms with Gasteiger partial charge in [0.15, 0.2) is 0 Å². The Morgan fingerprint density at radius 1 is 1.75 bits per heavy atom. The van der Waals surface area contributed by atoms with Crippen molar-refractivity contribution in [3.63, 3.8) is 0 Å². The van der Waals surface area contributed by atoms with E-state index in [1.54, 1.807) is 0 Å². The molecule has 1 fully saturated rings. The fourth-order valence-corrected chi connectivity index (χ4v) is 2.78. The molecule has 0 saturated carbocycles. The monoisotopic (exact) mass is 399 g/mol. The number of aromatic amines is 1. The Morgan fingerprint density at radius 2 is 2.56 bits per heavy atom. The molecule has 5 nitrogen and oxygen atoms in total. The van der Waals surface area contributed by atoms with Crippen LogP contribution in [0.1, 0.15) is 0 Å². The first-order valence-electron chi connectivity index (χ1n) is 4.87. The maximum atomic E-state index is 11.5. The third-order valence-corrected chi connectivity index (χ3v) is 4.18. The number of hydrogen-bond donors (Lipinski definition) is 1. The van der Waals surface area contributed by atoms with Gasteiger partial charge in [-0.3, -0.25) is 4.79 Å². The van der Waals surface area contributed by atoms with Crippen molar-refractivity contribution in [2.75, 3.05) is 30.0 Å². The number of morpholine rings is 1. The largest absolute Gasteiger partial charge is 0.377 e.